The van der Waals surface area contributed by atoms with E-state index in [4.69, 9.17) is 52.1 Å². The maximum Gasteiger partial charge on any atom is 0.186 e. The zero-order valence-electron chi connectivity index (χ0n) is 47.4. The molecule has 10 rings (SSSR count). The third-order valence-electron chi connectivity index (χ3n) is 14.5. The zero-order valence-corrected chi connectivity index (χ0v) is 47.4. The van der Waals surface area contributed by atoms with Crippen LogP contribution in [0.15, 0.2) is 255 Å². The number of rotatable bonds is 29. The molecule has 8 aromatic rings. The van der Waals surface area contributed by atoms with Gasteiger partial charge < -0.3 is 52.1 Å². The van der Waals surface area contributed by atoms with E-state index in [-0.39, 0.29) is 18.3 Å². The van der Waals surface area contributed by atoms with E-state index in [1.807, 2.05) is 200 Å². The lowest BCUT2D eigenvalue weighted by molar-refractivity contribution is -0.323. The van der Waals surface area contributed by atoms with E-state index < -0.39 is 42.9 Å². The van der Waals surface area contributed by atoms with Crippen LogP contribution in [-0.4, -0.2) is 81.5 Å². The quantitative estimate of drug-likeness (QED) is 0.0419. The largest absolute Gasteiger partial charge is 0.374 e. The molecular formula is C72H78O11. The number of ether oxygens (including phenoxy) is 11. The Morgan fingerprint density at radius 3 is 0.831 bits per heavy atom. The van der Waals surface area contributed by atoms with Crippen molar-refractivity contribution in [2.24, 2.45) is 0 Å². The molecule has 2 heterocycles. The van der Waals surface area contributed by atoms with Crippen molar-refractivity contribution in [1.82, 2.24) is 0 Å². The van der Waals surface area contributed by atoms with Crippen molar-refractivity contribution in [1.29, 1.82) is 0 Å². The lowest BCUT2D eigenvalue weighted by atomic mass is 9.92. The zero-order chi connectivity index (χ0) is 56.9. The van der Waals surface area contributed by atoms with Crippen LogP contribution in [0.1, 0.15) is 50.9 Å². The van der Waals surface area contributed by atoms with Crippen molar-refractivity contribution in [3.05, 3.63) is 300 Å². The number of hydrogen-bond acceptors (Lipinski definition) is 11. The van der Waals surface area contributed by atoms with Crippen LogP contribution in [0, 0.1) is 0 Å². The molecule has 83 heavy (non-hydrogen) atoms. The summed E-state index contributed by atoms with van der Waals surface area (Å²) >= 11 is 0. The summed E-state index contributed by atoms with van der Waals surface area (Å²) in [4.78, 5) is 0. The van der Waals surface area contributed by atoms with Gasteiger partial charge in [-0.15, -0.1) is 6.58 Å². The van der Waals surface area contributed by atoms with Crippen LogP contribution in [0.3, 0.4) is 0 Å². The fourth-order valence-corrected chi connectivity index (χ4v) is 10.2. The Balaban J connectivity index is 0.000000200. The molecule has 0 bridgehead atoms. The highest BCUT2D eigenvalue weighted by Crippen LogP contribution is 2.34. The first kappa shape index (κ1) is 60.6. The van der Waals surface area contributed by atoms with Gasteiger partial charge >= 0.3 is 0 Å². The summed E-state index contributed by atoms with van der Waals surface area (Å²) in [6.45, 7) is 8.11. The topological polar surface area (TPSA) is 102 Å². The van der Waals surface area contributed by atoms with E-state index in [9.17, 15) is 0 Å². The summed E-state index contributed by atoms with van der Waals surface area (Å²) in [5.74, 6) is 0. The number of methoxy groups -OCH3 is 1. The lowest BCUT2D eigenvalue weighted by Gasteiger charge is -2.46. The van der Waals surface area contributed by atoms with E-state index in [2.05, 4.69) is 55.1 Å². The Hall–Kier alpha value is -6.94. The van der Waals surface area contributed by atoms with Crippen LogP contribution >= 0.6 is 0 Å². The van der Waals surface area contributed by atoms with Crippen LogP contribution < -0.4 is 0 Å². The minimum absolute atomic E-state index is 0.270. The fraction of sp³-hybridized carbons (Fsp3) is 0.306. The van der Waals surface area contributed by atoms with E-state index in [1.165, 1.54) is 0 Å². The van der Waals surface area contributed by atoms with Gasteiger partial charge in [0.1, 0.15) is 48.8 Å². The molecule has 2 fully saturated rings. The van der Waals surface area contributed by atoms with Crippen molar-refractivity contribution < 1.29 is 52.1 Å². The molecule has 0 spiro atoms. The predicted octanol–water partition coefficient (Wildman–Crippen LogP) is 13.6. The summed E-state index contributed by atoms with van der Waals surface area (Å²) in [7, 11) is 1.63. The van der Waals surface area contributed by atoms with Gasteiger partial charge in [0.25, 0.3) is 0 Å². The average molecular weight is 1120 g/mol. The Bertz CT molecular complexity index is 2960. The standard InChI is InChI=1S/C37H40O5.C35H38O6/c1-2-15-33-35(39-25-30-18-9-4-10-19-30)37(41-27-32-22-13-6-14-23-32)36(40-26-31-20-11-5-12-21-31)34(42-33)28-38-24-29-16-7-3-8-17-29;1-36-35-34(40-25-30-20-12-5-13-21-30)33(39-24-29-18-10-4-11-19-29)32(38-23-28-16-8-3-9-17-28)31(41-35)26-37-22-27-14-6-2-7-15-27/h2-14,16-23,33-37H,1,15,24-28H2;2-21,31-35H,22-26H2,1H3/t33-,34-,35-,36-,37-;31-,32-,33+,34-,35+/m11/s1. The summed E-state index contributed by atoms with van der Waals surface area (Å²) in [6, 6.07) is 81.1. The molecular weight excluding hydrogens is 1040 g/mol. The first-order chi connectivity index (χ1) is 41.1. The number of hydrogen-bond donors (Lipinski definition) is 0. The van der Waals surface area contributed by atoms with Crippen molar-refractivity contribution in [3.63, 3.8) is 0 Å². The molecule has 2 saturated heterocycles. The first-order valence-electron chi connectivity index (χ1n) is 28.7. The molecule has 0 amide bonds. The molecule has 2 aliphatic rings. The second-order valence-corrected chi connectivity index (χ2v) is 20.6. The van der Waals surface area contributed by atoms with Gasteiger partial charge in [0.05, 0.1) is 72.2 Å². The van der Waals surface area contributed by atoms with Crippen molar-refractivity contribution in [2.45, 2.75) is 121 Å². The SMILES string of the molecule is C=CC[C@H]1O[C@H](COCc2ccccc2)[C@@H](OCc2ccccc2)[C@H](OCc2ccccc2)[C@@H]1OCc1ccccc1.CO[C@H]1O[C@H](COCc2ccccc2)[C@@H](OCc2ccccc2)[C@H](OCc2ccccc2)[C@H]1OCc1ccccc1. The molecule has 0 aromatic heterocycles. The van der Waals surface area contributed by atoms with Crippen molar-refractivity contribution in [2.75, 3.05) is 20.3 Å². The molecule has 0 radical (unpaired) electrons. The Morgan fingerprint density at radius 1 is 0.301 bits per heavy atom. The van der Waals surface area contributed by atoms with E-state index in [0.29, 0.717) is 72.5 Å². The van der Waals surface area contributed by atoms with Crippen molar-refractivity contribution in [3.8, 4) is 0 Å². The normalized spacial score (nSPS) is 22.2. The van der Waals surface area contributed by atoms with Crippen LogP contribution in [0.2, 0.25) is 0 Å². The lowest BCUT2D eigenvalue weighted by Crippen LogP contribution is -2.61. The summed E-state index contributed by atoms with van der Waals surface area (Å²) in [5, 5.41) is 0. The third-order valence-corrected chi connectivity index (χ3v) is 14.5. The Labute approximate surface area is 490 Å². The fourth-order valence-electron chi connectivity index (χ4n) is 10.2. The summed E-state index contributed by atoms with van der Waals surface area (Å²) < 4.78 is 71.1. The van der Waals surface area contributed by atoms with E-state index in [0.717, 1.165) is 44.5 Å². The highest BCUT2D eigenvalue weighted by molar-refractivity contribution is 5.20. The molecule has 11 heteroatoms. The molecule has 10 atom stereocenters. The van der Waals surface area contributed by atoms with Crippen LogP contribution in [0.4, 0.5) is 0 Å². The minimum atomic E-state index is -0.665. The molecule has 0 N–H and O–H groups in total. The van der Waals surface area contributed by atoms with E-state index in [1.54, 1.807) is 7.11 Å². The van der Waals surface area contributed by atoms with Crippen LogP contribution in [0.5, 0.6) is 0 Å². The Kier molecular flexibility index (Phi) is 24.8. The summed E-state index contributed by atoms with van der Waals surface area (Å²) in [5.41, 5.74) is 8.64. The highest BCUT2D eigenvalue weighted by atomic mass is 16.7. The molecule has 2 aliphatic heterocycles. The van der Waals surface area contributed by atoms with Crippen LogP contribution in [-0.2, 0) is 105 Å². The third kappa shape index (κ3) is 19.3. The maximum absolute atomic E-state index is 6.72. The second kappa shape index (κ2) is 34.0. The first-order valence-corrected chi connectivity index (χ1v) is 28.7. The molecule has 11 nitrogen and oxygen atoms in total. The molecule has 432 valence electrons. The van der Waals surface area contributed by atoms with Gasteiger partial charge in [-0.2, -0.15) is 0 Å². The molecule has 0 unspecified atom stereocenters. The molecule has 0 saturated carbocycles. The molecule has 0 aliphatic carbocycles. The number of benzene rings is 8. The van der Waals surface area contributed by atoms with Gasteiger partial charge in [-0.05, 0) is 50.9 Å². The van der Waals surface area contributed by atoms with Crippen molar-refractivity contribution >= 4 is 0 Å². The predicted molar refractivity (Wildman–Crippen MR) is 321 cm³/mol. The van der Waals surface area contributed by atoms with Gasteiger partial charge in [0, 0.05) is 7.11 Å². The highest BCUT2D eigenvalue weighted by Gasteiger charge is 2.50. The second-order valence-electron chi connectivity index (χ2n) is 20.6. The Morgan fingerprint density at radius 2 is 0.542 bits per heavy atom. The van der Waals surface area contributed by atoms with Gasteiger partial charge in [-0.1, -0.05) is 249 Å². The maximum atomic E-state index is 6.72. The van der Waals surface area contributed by atoms with E-state index >= 15 is 0 Å². The van der Waals surface area contributed by atoms with Gasteiger partial charge in [-0.3, -0.25) is 0 Å². The van der Waals surface area contributed by atoms with Gasteiger partial charge in [0.2, 0.25) is 0 Å². The van der Waals surface area contributed by atoms with Gasteiger partial charge in [0.15, 0.2) is 6.29 Å². The average Bonchev–Trinajstić information content (AvgIpc) is 3.72. The smallest absolute Gasteiger partial charge is 0.186 e. The van der Waals surface area contributed by atoms with Crippen LogP contribution in [0.25, 0.3) is 0 Å². The van der Waals surface area contributed by atoms with Gasteiger partial charge in [-0.25, -0.2) is 0 Å². The minimum Gasteiger partial charge on any atom is -0.374 e. The monoisotopic (exact) mass is 1120 g/mol. The molecule has 8 aromatic carbocycles. The summed E-state index contributed by atoms with van der Waals surface area (Å²) in [6.07, 6.45) is -1.93.